The third kappa shape index (κ3) is 3.58. The van der Waals surface area contributed by atoms with Crippen molar-refractivity contribution in [2.45, 2.75) is 0 Å². The highest BCUT2D eigenvalue weighted by molar-refractivity contribution is 6.06. The zero-order chi connectivity index (χ0) is 20.3. The molecule has 0 radical (unpaired) electrons. The second-order valence-electron chi connectivity index (χ2n) is 6.63. The summed E-state index contributed by atoms with van der Waals surface area (Å²) in [7, 11) is 0. The number of rotatable bonds is 5. The summed E-state index contributed by atoms with van der Waals surface area (Å²) < 4.78 is 16.5. The molecule has 6 nitrogen and oxygen atoms in total. The summed E-state index contributed by atoms with van der Waals surface area (Å²) in [4.78, 5) is 20.9. The molecule has 5 rings (SSSR count). The lowest BCUT2D eigenvalue weighted by Crippen LogP contribution is -1.95. The van der Waals surface area contributed by atoms with Crippen LogP contribution in [0, 0.1) is 0 Å². The molecule has 0 unspecified atom stereocenters. The van der Waals surface area contributed by atoms with E-state index in [0.717, 1.165) is 16.5 Å². The number of allylic oxidation sites excluding steroid dienone is 1. The van der Waals surface area contributed by atoms with Crippen molar-refractivity contribution in [2.24, 2.45) is 0 Å². The van der Waals surface area contributed by atoms with E-state index in [1.165, 1.54) is 12.4 Å². The first-order valence-electron chi connectivity index (χ1n) is 9.36. The summed E-state index contributed by atoms with van der Waals surface area (Å²) in [6.07, 6.45) is 4.75. The lowest BCUT2D eigenvalue weighted by Gasteiger charge is -2.07. The molecule has 1 aliphatic rings. The number of ether oxygens (including phenoxy) is 3. The van der Waals surface area contributed by atoms with Gasteiger partial charge in [-0.05, 0) is 60.2 Å². The van der Waals surface area contributed by atoms with Crippen molar-refractivity contribution >= 4 is 22.8 Å². The minimum atomic E-state index is -0.105. The predicted octanol–water partition coefficient (Wildman–Crippen LogP) is 5.05. The van der Waals surface area contributed by atoms with Crippen LogP contribution in [-0.2, 0) is 0 Å². The molecule has 0 saturated carbocycles. The second-order valence-corrected chi connectivity index (χ2v) is 6.63. The number of hydrogen-bond acceptors (Lipinski definition) is 6. The number of para-hydroxylation sites is 1. The van der Waals surface area contributed by atoms with Crippen molar-refractivity contribution < 1.29 is 19.0 Å². The first-order chi connectivity index (χ1) is 14.8. The summed E-state index contributed by atoms with van der Waals surface area (Å²) >= 11 is 0. The molecular formula is C24H16N2O4. The maximum Gasteiger partial charge on any atom is 0.231 e. The Morgan fingerprint density at radius 3 is 2.67 bits per heavy atom. The van der Waals surface area contributed by atoms with Crippen molar-refractivity contribution in [2.75, 3.05) is 6.79 Å². The van der Waals surface area contributed by atoms with Gasteiger partial charge in [-0.3, -0.25) is 4.79 Å². The van der Waals surface area contributed by atoms with Crippen LogP contribution in [0.4, 0.5) is 0 Å². The largest absolute Gasteiger partial charge is 0.454 e. The molecule has 0 N–H and O–H groups in total. The van der Waals surface area contributed by atoms with Gasteiger partial charge in [0.05, 0.1) is 10.9 Å². The maximum atomic E-state index is 12.5. The van der Waals surface area contributed by atoms with Gasteiger partial charge in [-0.1, -0.05) is 24.3 Å². The molecule has 4 aromatic rings. The zero-order valence-electron chi connectivity index (χ0n) is 15.8. The number of benzene rings is 3. The smallest absolute Gasteiger partial charge is 0.231 e. The summed E-state index contributed by atoms with van der Waals surface area (Å²) in [5.74, 6) is 2.36. The lowest BCUT2D eigenvalue weighted by molar-refractivity contribution is 0.104. The van der Waals surface area contributed by atoms with Crippen LogP contribution in [0.15, 0.2) is 79.1 Å². The molecule has 0 bridgehead atoms. The van der Waals surface area contributed by atoms with Gasteiger partial charge in [0.2, 0.25) is 12.7 Å². The normalized spacial score (nSPS) is 12.4. The van der Waals surface area contributed by atoms with E-state index in [9.17, 15) is 4.79 Å². The van der Waals surface area contributed by atoms with Gasteiger partial charge in [-0.2, -0.15) is 0 Å². The van der Waals surface area contributed by atoms with Crippen molar-refractivity contribution in [1.29, 1.82) is 0 Å². The summed E-state index contributed by atoms with van der Waals surface area (Å²) in [6.45, 7) is 0.223. The van der Waals surface area contributed by atoms with Crippen LogP contribution in [0.5, 0.6) is 23.1 Å². The first kappa shape index (κ1) is 17.9. The third-order valence-electron chi connectivity index (χ3n) is 4.68. The molecule has 1 aliphatic heterocycles. The monoisotopic (exact) mass is 396 g/mol. The summed E-state index contributed by atoms with van der Waals surface area (Å²) in [5.41, 5.74) is 2.23. The van der Waals surface area contributed by atoms with E-state index in [1.54, 1.807) is 30.3 Å². The third-order valence-corrected chi connectivity index (χ3v) is 4.68. The molecule has 2 heterocycles. The SMILES string of the molecule is O=C(/C=C/c1ccc2c(c1)OCO2)c1ccc(Oc2ncnc3ccccc23)cc1. The molecule has 146 valence electrons. The average molecular weight is 396 g/mol. The van der Waals surface area contributed by atoms with Gasteiger partial charge in [0.1, 0.15) is 12.1 Å². The summed E-state index contributed by atoms with van der Waals surface area (Å²) in [5, 5.41) is 0.826. The quantitative estimate of drug-likeness (QED) is 0.347. The minimum Gasteiger partial charge on any atom is -0.454 e. The number of aromatic nitrogens is 2. The highest BCUT2D eigenvalue weighted by Gasteiger charge is 2.12. The number of carbonyl (C=O) groups excluding carboxylic acids is 1. The van der Waals surface area contributed by atoms with Gasteiger partial charge < -0.3 is 14.2 Å². The number of hydrogen-bond donors (Lipinski definition) is 0. The van der Waals surface area contributed by atoms with Crippen LogP contribution in [0.2, 0.25) is 0 Å². The fraction of sp³-hybridized carbons (Fsp3) is 0.0417. The van der Waals surface area contributed by atoms with Crippen molar-refractivity contribution in [1.82, 2.24) is 9.97 Å². The molecule has 0 fully saturated rings. The number of ketones is 1. The number of fused-ring (bicyclic) bond motifs is 2. The van der Waals surface area contributed by atoms with E-state index in [1.807, 2.05) is 42.5 Å². The maximum absolute atomic E-state index is 12.5. The van der Waals surface area contributed by atoms with Gasteiger partial charge in [-0.15, -0.1) is 0 Å². The zero-order valence-corrected chi connectivity index (χ0v) is 15.8. The standard InChI is InChI=1S/C24H16N2O4/c27-21(11-5-16-6-12-22-23(13-16)29-15-28-22)17-7-9-18(10-8-17)30-24-19-3-1-2-4-20(19)25-14-26-24/h1-14H,15H2/b11-5+. The van der Waals surface area contributed by atoms with Crippen LogP contribution in [0.3, 0.4) is 0 Å². The fourth-order valence-electron chi connectivity index (χ4n) is 3.15. The van der Waals surface area contributed by atoms with Gasteiger partial charge in [0.15, 0.2) is 17.3 Å². The number of nitrogens with zero attached hydrogens (tertiary/aromatic N) is 2. The Kier molecular flexibility index (Phi) is 4.57. The molecule has 0 atom stereocenters. The lowest BCUT2D eigenvalue weighted by atomic mass is 10.1. The molecule has 0 amide bonds. The van der Waals surface area contributed by atoms with Crippen LogP contribution >= 0.6 is 0 Å². The molecular weight excluding hydrogens is 380 g/mol. The Labute approximate surface area is 172 Å². The molecule has 3 aromatic carbocycles. The molecule has 30 heavy (non-hydrogen) atoms. The highest BCUT2D eigenvalue weighted by atomic mass is 16.7. The van der Waals surface area contributed by atoms with E-state index in [-0.39, 0.29) is 12.6 Å². The van der Waals surface area contributed by atoms with Crippen LogP contribution in [0.25, 0.3) is 17.0 Å². The van der Waals surface area contributed by atoms with Gasteiger partial charge in [0.25, 0.3) is 0 Å². The molecule has 0 aliphatic carbocycles. The Bertz CT molecular complexity index is 1260. The van der Waals surface area contributed by atoms with Crippen molar-refractivity contribution in [3.63, 3.8) is 0 Å². The fourth-order valence-corrected chi connectivity index (χ4v) is 3.15. The first-order valence-corrected chi connectivity index (χ1v) is 9.36. The molecule has 1 aromatic heterocycles. The molecule has 6 heteroatoms. The van der Waals surface area contributed by atoms with Crippen LogP contribution < -0.4 is 14.2 Å². The summed E-state index contributed by atoms with van der Waals surface area (Å²) in [6, 6.07) is 20.1. The van der Waals surface area contributed by atoms with E-state index in [0.29, 0.717) is 28.7 Å². The van der Waals surface area contributed by atoms with E-state index >= 15 is 0 Å². The van der Waals surface area contributed by atoms with E-state index < -0.39 is 0 Å². The van der Waals surface area contributed by atoms with Gasteiger partial charge in [0, 0.05) is 5.56 Å². The van der Waals surface area contributed by atoms with Crippen molar-refractivity contribution in [3.8, 4) is 23.1 Å². The predicted molar refractivity (Wildman–Crippen MR) is 112 cm³/mol. The molecule has 0 saturated heterocycles. The Balaban J connectivity index is 1.30. The Morgan fingerprint density at radius 2 is 1.77 bits per heavy atom. The minimum absolute atomic E-state index is 0.105. The van der Waals surface area contributed by atoms with E-state index in [2.05, 4.69) is 9.97 Å². The Hall–Kier alpha value is -4.19. The average Bonchev–Trinajstić information content (AvgIpc) is 3.26. The van der Waals surface area contributed by atoms with Crippen LogP contribution in [-0.4, -0.2) is 22.5 Å². The van der Waals surface area contributed by atoms with Crippen molar-refractivity contribution in [3.05, 3.63) is 90.3 Å². The van der Waals surface area contributed by atoms with E-state index in [4.69, 9.17) is 14.2 Å². The van der Waals surface area contributed by atoms with Crippen LogP contribution in [0.1, 0.15) is 15.9 Å². The van der Waals surface area contributed by atoms with Gasteiger partial charge >= 0.3 is 0 Å². The Morgan fingerprint density at radius 1 is 0.933 bits per heavy atom. The number of carbonyl (C=O) groups is 1. The second kappa shape index (κ2) is 7.67. The topological polar surface area (TPSA) is 70.5 Å². The van der Waals surface area contributed by atoms with Gasteiger partial charge in [-0.25, -0.2) is 9.97 Å². The molecule has 0 spiro atoms. The highest BCUT2D eigenvalue weighted by Crippen LogP contribution is 2.33.